The van der Waals surface area contributed by atoms with Crippen LogP contribution in [0.25, 0.3) is 0 Å². The van der Waals surface area contributed by atoms with E-state index in [0.717, 1.165) is 65.1 Å². The van der Waals surface area contributed by atoms with Gasteiger partial charge in [0.25, 0.3) is 0 Å². The van der Waals surface area contributed by atoms with Gasteiger partial charge in [-0.15, -0.1) is 0 Å². The molecule has 0 aromatic carbocycles. The van der Waals surface area contributed by atoms with Gasteiger partial charge in [0.05, 0.1) is 13.2 Å². The van der Waals surface area contributed by atoms with E-state index in [1.54, 1.807) is 0 Å². The van der Waals surface area contributed by atoms with Crippen LogP contribution in [0.5, 0.6) is 0 Å². The van der Waals surface area contributed by atoms with Crippen molar-refractivity contribution in [1.29, 1.82) is 0 Å². The van der Waals surface area contributed by atoms with Crippen LogP contribution in [0, 0.1) is 4.64 Å². The van der Waals surface area contributed by atoms with Crippen molar-refractivity contribution >= 4 is 12.2 Å². The van der Waals surface area contributed by atoms with E-state index in [0.29, 0.717) is 4.64 Å². The Morgan fingerprint density at radius 1 is 1.20 bits per heavy atom. The van der Waals surface area contributed by atoms with E-state index in [1.165, 1.54) is 11.3 Å². The molecule has 20 heavy (non-hydrogen) atoms. The molecule has 0 spiro atoms. The molecule has 0 unspecified atom stereocenters. The molecule has 1 fully saturated rings. The number of H-pyrrole nitrogens is 1. The van der Waals surface area contributed by atoms with Crippen LogP contribution < -0.4 is 5.69 Å². The normalized spacial score (nSPS) is 19.2. The molecule has 1 N–H and O–H groups in total. The maximum atomic E-state index is 12.1. The van der Waals surface area contributed by atoms with Crippen molar-refractivity contribution < 1.29 is 4.74 Å². The Bertz CT molecular complexity index is 587. The number of morpholine rings is 1. The Labute approximate surface area is 123 Å². The molecule has 110 valence electrons. The van der Waals surface area contributed by atoms with Crippen LogP contribution in [0.1, 0.15) is 24.1 Å². The minimum absolute atomic E-state index is 0.0439. The number of rotatable bonds is 4. The van der Waals surface area contributed by atoms with Gasteiger partial charge in [0.15, 0.2) is 0 Å². The summed E-state index contributed by atoms with van der Waals surface area (Å²) in [5, 5.41) is 0. The summed E-state index contributed by atoms with van der Waals surface area (Å²) < 4.78 is 7.89. The van der Waals surface area contributed by atoms with Crippen LogP contribution >= 0.6 is 12.2 Å². The number of ether oxygens (including phenoxy) is 1. The van der Waals surface area contributed by atoms with Gasteiger partial charge in [-0.1, -0.05) is 12.2 Å². The Kier molecular flexibility index (Phi) is 4.33. The lowest BCUT2D eigenvalue weighted by Crippen LogP contribution is -2.37. The summed E-state index contributed by atoms with van der Waals surface area (Å²) in [5.74, 6) is 0. The van der Waals surface area contributed by atoms with Crippen molar-refractivity contribution in [2.45, 2.75) is 32.2 Å². The van der Waals surface area contributed by atoms with Gasteiger partial charge in [-0.05, 0) is 25.7 Å². The zero-order valence-electron chi connectivity index (χ0n) is 11.7. The summed E-state index contributed by atoms with van der Waals surface area (Å²) >= 11 is 5.25. The summed E-state index contributed by atoms with van der Waals surface area (Å²) in [5.41, 5.74) is 2.31. The SMILES string of the molecule is O=c1[nH]c(=S)c2c(n1CCCN1CCOCC1)CCC2. The third-order valence-electron chi connectivity index (χ3n) is 4.21. The van der Waals surface area contributed by atoms with E-state index in [2.05, 4.69) is 9.88 Å². The third-order valence-corrected chi connectivity index (χ3v) is 4.56. The fraction of sp³-hybridized carbons (Fsp3) is 0.714. The maximum Gasteiger partial charge on any atom is 0.326 e. The van der Waals surface area contributed by atoms with Gasteiger partial charge in [0.2, 0.25) is 0 Å². The summed E-state index contributed by atoms with van der Waals surface area (Å²) in [6.07, 6.45) is 4.10. The summed E-state index contributed by atoms with van der Waals surface area (Å²) in [4.78, 5) is 17.3. The minimum Gasteiger partial charge on any atom is -0.379 e. The fourth-order valence-electron chi connectivity index (χ4n) is 3.15. The first-order valence-corrected chi connectivity index (χ1v) is 7.81. The zero-order valence-corrected chi connectivity index (χ0v) is 12.5. The molecule has 0 amide bonds. The molecule has 5 nitrogen and oxygen atoms in total. The van der Waals surface area contributed by atoms with Gasteiger partial charge in [-0.2, -0.15) is 0 Å². The summed E-state index contributed by atoms with van der Waals surface area (Å²) in [6, 6.07) is 0. The average Bonchev–Trinajstić information content (AvgIpc) is 2.93. The Morgan fingerprint density at radius 2 is 2.00 bits per heavy atom. The third kappa shape index (κ3) is 2.87. The predicted molar refractivity (Wildman–Crippen MR) is 79.8 cm³/mol. The van der Waals surface area contributed by atoms with Crippen LogP contribution in [0.3, 0.4) is 0 Å². The van der Waals surface area contributed by atoms with Gasteiger partial charge >= 0.3 is 5.69 Å². The van der Waals surface area contributed by atoms with Crippen molar-refractivity contribution in [1.82, 2.24) is 14.5 Å². The fourth-order valence-corrected chi connectivity index (χ4v) is 3.45. The van der Waals surface area contributed by atoms with Crippen molar-refractivity contribution in [3.8, 4) is 0 Å². The lowest BCUT2D eigenvalue weighted by Gasteiger charge is -2.26. The molecule has 0 atom stereocenters. The van der Waals surface area contributed by atoms with Gasteiger partial charge in [0, 0.05) is 37.4 Å². The van der Waals surface area contributed by atoms with E-state index in [1.807, 2.05) is 4.57 Å². The second-order valence-electron chi connectivity index (χ2n) is 5.50. The van der Waals surface area contributed by atoms with E-state index in [4.69, 9.17) is 17.0 Å². The first kappa shape index (κ1) is 14.0. The average molecular weight is 295 g/mol. The molecular weight excluding hydrogens is 274 g/mol. The standard InChI is InChI=1S/C14H21N3O2S/c18-14-15-13(20)11-3-1-4-12(11)17(14)6-2-5-16-7-9-19-10-8-16/h1-10H2,(H,15,18,20). The molecule has 2 aliphatic rings. The lowest BCUT2D eigenvalue weighted by atomic mass is 10.2. The highest BCUT2D eigenvalue weighted by Crippen LogP contribution is 2.20. The smallest absolute Gasteiger partial charge is 0.326 e. The predicted octanol–water partition coefficient (Wildman–Crippen LogP) is 1.12. The Balaban J connectivity index is 1.67. The summed E-state index contributed by atoms with van der Waals surface area (Å²) in [6.45, 7) is 5.47. The highest BCUT2D eigenvalue weighted by Gasteiger charge is 2.18. The Morgan fingerprint density at radius 3 is 2.80 bits per heavy atom. The monoisotopic (exact) mass is 295 g/mol. The molecule has 6 heteroatoms. The number of hydrogen-bond acceptors (Lipinski definition) is 4. The van der Waals surface area contributed by atoms with Gasteiger partial charge < -0.3 is 4.74 Å². The quantitative estimate of drug-likeness (QED) is 0.846. The highest BCUT2D eigenvalue weighted by molar-refractivity contribution is 7.71. The molecular formula is C14H21N3O2S. The van der Waals surface area contributed by atoms with Gasteiger partial charge in [0.1, 0.15) is 4.64 Å². The molecule has 1 aliphatic heterocycles. The maximum absolute atomic E-state index is 12.1. The van der Waals surface area contributed by atoms with Gasteiger partial charge in [-0.3, -0.25) is 14.5 Å². The number of nitrogens with one attached hydrogen (secondary N) is 1. The topological polar surface area (TPSA) is 50.3 Å². The molecule has 1 aliphatic carbocycles. The minimum atomic E-state index is -0.0439. The zero-order chi connectivity index (χ0) is 13.9. The molecule has 3 rings (SSSR count). The molecule has 0 saturated carbocycles. The van der Waals surface area contributed by atoms with Gasteiger partial charge in [-0.25, -0.2) is 4.79 Å². The number of hydrogen-bond donors (Lipinski definition) is 1. The largest absolute Gasteiger partial charge is 0.379 e. The molecule has 0 bridgehead atoms. The van der Waals surface area contributed by atoms with Crippen LogP contribution in [0.2, 0.25) is 0 Å². The highest BCUT2D eigenvalue weighted by atomic mass is 32.1. The molecule has 0 radical (unpaired) electrons. The van der Waals surface area contributed by atoms with E-state index >= 15 is 0 Å². The number of fused-ring (bicyclic) bond motifs is 1. The lowest BCUT2D eigenvalue weighted by molar-refractivity contribution is 0.0368. The second-order valence-corrected chi connectivity index (χ2v) is 5.91. The molecule has 1 aromatic rings. The summed E-state index contributed by atoms with van der Waals surface area (Å²) in [7, 11) is 0. The van der Waals surface area contributed by atoms with Crippen molar-refractivity contribution in [2.24, 2.45) is 0 Å². The molecule has 1 saturated heterocycles. The first-order chi connectivity index (χ1) is 9.75. The van der Waals surface area contributed by atoms with E-state index in [-0.39, 0.29) is 5.69 Å². The van der Waals surface area contributed by atoms with Crippen molar-refractivity contribution in [3.63, 3.8) is 0 Å². The van der Waals surface area contributed by atoms with Crippen LogP contribution in [-0.4, -0.2) is 47.3 Å². The molecule has 2 heterocycles. The number of aromatic nitrogens is 2. The number of aromatic amines is 1. The van der Waals surface area contributed by atoms with Crippen LogP contribution in [0.15, 0.2) is 4.79 Å². The van der Waals surface area contributed by atoms with E-state index < -0.39 is 0 Å². The Hall–Kier alpha value is -0.980. The second kappa shape index (κ2) is 6.20. The van der Waals surface area contributed by atoms with E-state index in [9.17, 15) is 4.79 Å². The number of nitrogens with zero attached hydrogens (tertiary/aromatic N) is 2. The van der Waals surface area contributed by atoms with Crippen LogP contribution in [0.4, 0.5) is 0 Å². The van der Waals surface area contributed by atoms with Crippen molar-refractivity contribution in [3.05, 3.63) is 26.4 Å². The molecule has 1 aromatic heterocycles. The van der Waals surface area contributed by atoms with Crippen LogP contribution in [-0.2, 0) is 24.1 Å². The van der Waals surface area contributed by atoms with Crippen molar-refractivity contribution in [2.75, 3.05) is 32.8 Å². The first-order valence-electron chi connectivity index (χ1n) is 7.40.